The molecule has 8 nitrogen and oxygen atoms in total. The van der Waals surface area contributed by atoms with Gasteiger partial charge in [0.25, 0.3) is 5.91 Å². The normalized spacial score (nSPS) is 17.0. The molecule has 0 aliphatic carbocycles. The van der Waals surface area contributed by atoms with Crippen LogP contribution in [-0.2, 0) is 4.79 Å². The van der Waals surface area contributed by atoms with Crippen molar-refractivity contribution in [2.75, 3.05) is 16.3 Å². The summed E-state index contributed by atoms with van der Waals surface area (Å²) in [7, 11) is 0. The number of anilines is 2. The highest BCUT2D eigenvalue weighted by molar-refractivity contribution is 6.10. The first-order chi connectivity index (χ1) is 14.9. The second-order valence-corrected chi connectivity index (χ2v) is 7.54. The molecule has 0 fully saturated rings. The highest BCUT2D eigenvalue weighted by Gasteiger charge is 2.35. The van der Waals surface area contributed by atoms with Crippen molar-refractivity contribution in [3.63, 3.8) is 0 Å². The molecule has 0 radical (unpaired) electrons. The van der Waals surface area contributed by atoms with Crippen LogP contribution in [0, 0.1) is 0 Å². The number of rotatable bonds is 2. The molecule has 0 spiro atoms. The van der Waals surface area contributed by atoms with Gasteiger partial charge >= 0.3 is 6.03 Å². The molecule has 8 heteroatoms. The summed E-state index contributed by atoms with van der Waals surface area (Å²) in [5.41, 5.74) is 2.93. The van der Waals surface area contributed by atoms with Crippen LogP contribution in [0.1, 0.15) is 24.4 Å². The van der Waals surface area contributed by atoms with Gasteiger partial charge in [-0.2, -0.15) is 9.98 Å². The van der Waals surface area contributed by atoms with Crippen LogP contribution in [0.4, 0.5) is 16.2 Å². The Labute approximate surface area is 177 Å². The number of nitrogens with zero attached hydrogens (tertiary/aromatic N) is 4. The maximum Gasteiger partial charge on any atom is 0.368 e. The van der Waals surface area contributed by atoms with Crippen LogP contribution in [-0.4, -0.2) is 30.4 Å². The minimum absolute atomic E-state index is 0.0944. The highest BCUT2D eigenvalue weighted by Crippen LogP contribution is 2.39. The van der Waals surface area contributed by atoms with E-state index in [1.54, 1.807) is 34.1 Å². The molecule has 1 aromatic heterocycles. The van der Waals surface area contributed by atoms with E-state index in [4.69, 9.17) is 4.42 Å². The zero-order valence-electron chi connectivity index (χ0n) is 16.9. The number of urea groups is 1. The van der Waals surface area contributed by atoms with E-state index >= 15 is 0 Å². The van der Waals surface area contributed by atoms with Gasteiger partial charge in [0.15, 0.2) is 5.76 Å². The van der Waals surface area contributed by atoms with Crippen LogP contribution in [0.15, 0.2) is 69.2 Å². The van der Waals surface area contributed by atoms with Gasteiger partial charge in [0.1, 0.15) is 0 Å². The Hall–Kier alpha value is -4.07. The average Bonchev–Trinajstić information content (AvgIpc) is 3.40. The molecule has 0 bridgehead atoms. The summed E-state index contributed by atoms with van der Waals surface area (Å²) in [6.07, 6.45) is 1.46. The quantitative estimate of drug-likeness (QED) is 0.644. The van der Waals surface area contributed by atoms with E-state index in [0.29, 0.717) is 28.6 Å². The number of amides is 4. The average molecular weight is 414 g/mol. The summed E-state index contributed by atoms with van der Waals surface area (Å²) >= 11 is 0. The van der Waals surface area contributed by atoms with Crippen molar-refractivity contribution in [2.45, 2.75) is 19.9 Å². The van der Waals surface area contributed by atoms with Crippen molar-refractivity contribution < 1.29 is 18.8 Å². The number of hydrogen-bond donors (Lipinski definition) is 0. The van der Waals surface area contributed by atoms with E-state index < -0.39 is 6.03 Å². The predicted octanol–water partition coefficient (Wildman–Crippen LogP) is 2.72. The first-order valence-corrected chi connectivity index (χ1v) is 9.83. The van der Waals surface area contributed by atoms with E-state index in [-0.39, 0.29) is 23.6 Å². The lowest BCUT2D eigenvalue weighted by Gasteiger charge is -2.40. The zero-order chi connectivity index (χ0) is 21.7. The first kappa shape index (κ1) is 18.9. The molecule has 0 N–H and O–H groups in total. The standard InChI is InChI=1S/C23H18N4O4/c1-13-12-26(22(29)21-4-3-9-31-21)20-11-16(6-8-19(20)27(13)14(2)28)15-5-7-17-18(10-15)25-23(30)24-17/h3-11,13H,12H2,1-2H3/t13-/m0/s1. The van der Waals surface area contributed by atoms with Gasteiger partial charge in [-0.05, 0) is 54.4 Å². The van der Waals surface area contributed by atoms with E-state index in [1.165, 1.54) is 13.2 Å². The largest absolute Gasteiger partial charge is 0.459 e. The van der Waals surface area contributed by atoms with E-state index in [1.807, 2.05) is 31.2 Å². The van der Waals surface area contributed by atoms with Gasteiger partial charge < -0.3 is 14.2 Å². The summed E-state index contributed by atoms with van der Waals surface area (Å²) in [5, 5.41) is 1.06. The van der Waals surface area contributed by atoms with Gasteiger partial charge in [-0.1, -0.05) is 12.1 Å². The SMILES string of the molecule is CC(=O)N1c2ccc(-c3ccc4c(c3)=NC(=O)N=4)cc2N(C(=O)c2ccco2)C[C@@H]1C. The predicted molar refractivity (Wildman–Crippen MR) is 113 cm³/mol. The van der Waals surface area contributed by atoms with Crippen molar-refractivity contribution in [2.24, 2.45) is 9.98 Å². The van der Waals surface area contributed by atoms with Crippen LogP contribution < -0.4 is 20.5 Å². The third-order valence-electron chi connectivity index (χ3n) is 5.47. The molecule has 154 valence electrons. The number of carbonyl (C=O) groups is 3. The fourth-order valence-corrected chi connectivity index (χ4v) is 4.13. The molecule has 3 heterocycles. The molecule has 0 saturated carbocycles. The molecule has 2 aromatic carbocycles. The Morgan fingerprint density at radius 2 is 1.74 bits per heavy atom. The van der Waals surface area contributed by atoms with Crippen molar-refractivity contribution in [1.29, 1.82) is 0 Å². The lowest BCUT2D eigenvalue weighted by Crippen LogP contribution is -2.51. The second-order valence-electron chi connectivity index (χ2n) is 7.54. The van der Waals surface area contributed by atoms with E-state index in [0.717, 1.165) is 11.1 Å². The minimum Gasteiger partial charge on any atom is -0.459 e. The number of furan rings is 1. The third kappa shape index (κ3) is 3.13. The molecule has 0 unspecified atom stereocenters. The lowest BCUT2D eigenvalue weighted by molar-refractivity contribution is -0.117. The second kappa shape index (κ2) is 7.02. The van der Waals surface area contributed by atoms with E-state index in [2.05, 4.69) is 9.98 Å². The fourth-order valence-electron chi connectivity index (χ4n) is 4.13. The third-order valence-corrected chi connectivity index (χ3v) is 5.47. The zero-order valence-corrected chi connectivity index (χ0v) is 16.9. The summed E-state index contributed by atoms with van der Waals surface area (Å²) < 4.78 is 5.32. The van der Waals surface area contributed by atoms with Gasteiger partial charge in [-0.3, -0.25) is 9.59 Å². The highest BCUT2D eigenvalue weighted by atomic mass is 16.3. The molecule has 0 saturated heterocycles. The number of carbonyl (C=O) groups excluding carboxylic acids is 3. The molecule has 4 amide bonds. The monoisotopic (exact) mass is 414 g/mol. The number of benzene rings is 2. The Morgan fingerprint density at radius 3 is 2.48 bits per heavy atom. The summed E-state index contributed by atoms with van der Waals surface area (Å²) in [5.74, 6) is -0.133. The van der Waals surface area contributed by atoms with Gasteiger partial charge in [0.05, 0.1) is 34.4 Å². The summed E-state index contributed by atoms with van der Waals surface area (Å²) in [4.78, 5) is 48.1. The van der Waals surface area contributed by atoms with E-state index in [9.17, 15) is 14.4 Å². The summed E-state index contributed by atoms with van der Waals surface area (Å²) in [6, 6.07) is 13.6. The Balaban J connectivity index is 1.65. The molecule has 5 rings (SSSR count). The topological polar surface area (TPSA) is 95.5 Å². The Kier molecular flexibility index (Phi) is 4.28. The molecule has 2 aliphatic heterocycles. The van der Waals surface area contributed by atoms with Crippen LogP contribution in [0.5, 0.6) is 0 Å². The number of hydrogen-bond acceptors (Lipinski definition) is 4. The van der Waals surface area contributed by atoms with Crippen LogP contribution in [0.2, 0.25) is 0 Å². The molecular formula is C23H18N4O4. The fraction of sp³-hybridized carbons (Fsp3) is 0.174. The molecule has 31 heavy (non-hydrogen) atoms. The maximum atomic E-state index is 13.1. The van der Waals surface area contributed by atoms with Crippen LogP contribution in [0.3, 0.4) is 0 Å². The van der Waals surface area contributed by atoms with Crippen LogP contribution in [0.25, 0.3) is 11.1 Å². The van der Waals surface area contributed by atoms with Crippen molar-refractivity contribution in [1.82, 2.24) is 0 Å². The van der Waals surface area contributed by atoms with Gasteiger partial charge in [-0.15, -0.1) is 0 Å². The Bertz CT molecular complexity index is 1360. The lowest BCUT2D eigenvalue weighted by atomic mass is 10.00. The minimum atomic E-state index is -0.515. The molecule has 1 atom stereocenters. The van der Waals surface area contributed by atoms with Gasteiger partial charge in [0.2, 0.25) is 5.91 Å². The molecule has 2 aliphatic rings. The Morgan fingerprint density at radius 1 is 1.00 bits per heavy atom. The summed E-state index contributed by atoms with van der Waals surface area (Å²) in [6.45, 7) is 3.76. The van der Waals surface area contributed by atoms with Gasteiger partial charge in [0, 0.05) is 13.5 Å². The van der Waals surface area contributed by atoms with Crippen molar-refractivity contribution in [3.05, 3.63) is 71.3 Å². The first-order valence-electron chi connectivity index (χ1n) is 9.83. The smallest absolute Gasteiger partial charge is 0.368 e. The maximum absolute atomic E-state index is 13.1. The van der Waals surface area contributed by atoms with Crippen molar-refractivity contribution >= 4 is 29.2 Å². The van der Waals surface area contributed by atoms with Gasteiger partial charge in [-0.25, -0.2) is 4.79 Å². The van der Waals surface area contributed by atoms with Crippen molar-refractivity contribution in [3.8, 4) is 11.1 Å². The number of fused-ring (bicyclic) bond motifs is 2. The molecular weight excluding hydrogens is 396 g/mol. The van der Waals surface area contributed by atoms with Crippen LogP contribution >= 0.6 is 0 Å². The molecule has 3 aromatic rings.